The molecule has 0 spiro atoms. The van der Waals surface area contributed by atoms with E-state index < -0.39 is 5.92 Å². The summed E-state index contributed by atoms with van der Waals surface area (Å²) in [7, 11) is 1.79. The molecule has 0 radical (unpaired) electrons. The number of nitrogens with one attached hydrogen (secondary N) is 1. The number of esters is 1. The first-order valence-electron chi connectivity index (χ1n) is 5.11. The zero-order valence-electron chi connectivity index (χ0n) is 9.19. The van der Waals surface area contributed by atoms with Gasteiger partial charge in [0.05, 0.1) is 18.6 Å². The van der Waals surface area contributed by atoms with E-state index in [9.17, 15) is 9.59 Å². The Morgan fingerprint density at radius 2 is 2.50 bits per heavy atom. The molecule has 1 unspecified atom stereocenters. The van der Waals surface area contributed by atoms with Crippen molar-refractivity contribution in [3.8, 4) is 0 Å². The van der Waals surface area contributed by atoms with Crippen molar-refractivity contribution in [3.63, 3.8) is 0 Å². The molecule has 1 aromatic heterocycles. The molecule has 1 aliphatic heterocycles. The van der Waals surface area contributed by atoms with E-state index in [1.807, 2.05) is 0 Å². The second kappa shape index (κ2) is 3.96. The molecule has 1 aliphatic rings. The molecular formula is C10H13N3O3. The molecule has 0 aromatic carbocycles. The van der Waals surface area contributed by atoms with Crippen LogP contribution in [0, 0.1) is 0 Å². The van der Waals surface area contributed by atoms with Crippen LogP contribution in [-0.4, -0.2) is 28.0 Å². The van der Waals surface area contributed by atoms with Crippen molar-refractivity contribution < 1.29 is 14.3 Å². The van der Waals surface area contributed by atoms with Crippen molar-refractivity contribution in [1.29, 1.82) is 0 Å². The number of carbonyl (C=O) groups excluding carboxylic acids is 2. The van der Waals surface area contributed by atoms with E-state index in [1.165, 1.54) is 0 Å². The van der Waals surface area contributed by atoms with Gasteiger partial charge in [0, 0.05) is 13.5 Å². The zero-order chi connectivity index (χ0) is 11.7. The van der Waals surface area contributed by atoms with Crippen molar-refractivity contribution in [2.75, 3.05) is 11.9 Å². The molecular weight excluding hydrogens is 210 g/mol. The minimum absolute atomic E-state index is 0.116. The Morgan fingerprint density at radius 1 is 1.75 bits per heavy atom. The number of anilines is 1. The Kier molecular flexibility index (Phi) is 2.64. The SMILES string of the molecule is CCOC(=O)C1CC(=O)Nc2ncn(C)c21. The summed E-state index contributed by atoms with van der Waals surface area (Å²) in [4.78, 5) is 27.1. The number of hydrogen-bond donors (Lipinski definition) is 1. The summed E-state index contributed by atoms with van der Waals surface area (Å²) >= 11 is 0. The molecule has 1 atom stereocenters. The van der Waals surface area contributed by atoms with Gasteiger partial charge in [-0.1, -0.05) is 0 Å². The highest BCUT2D eigenvalue weighted by Crippen LogP contribution is 2.31. The van der Waals surface area contributed by atoms with Crippen LogP contribution in [0.3, 0.4) is 0 Å². The summed E-state index contributed by atoms with van der Waals surface area (Å²) in [6.45, 7) is 2.05. The second-order valence-corrected chi connectivity index (χ2v) is 3.65. The van der Waals surface area contributed by atoms with E-state index >= 15 is 0 Å². The number of carbonyl (C=O) groups is 2. The summed E-state index contributed by atoms with van der Waals surface area (Å²) in [6, 6.07) is 0. The Hall–Kier alpha value is -1.85. The Morgan fingerprint density at radius 3 is 3.19 bits per heavy atom. The predicted octanol–water partition coefficient (Wildman–Crippen LogP) is 0.409. The van der Waals surface area contributed by atoms with E-state index in [4.69, 9.17) is 4.74 Å². The van der Waals surface area contributed by atoms with Gasteiger partial charge in [0.1, 0.15) is 5.92 Å². The van der Waals surface area contributed by atoms with Crippen molar-refractivity contribution in [2.45, 2.75) is 19.3 Å². The highest BCUT2D eigenvalue weighted by Gasteiger charge is 2.34. The van der Waals surface area contributed by atoms with Gasteiger partial charge in [-0.05, 0) is 6.92 Å². The quantitative estimate of drug-likeness (QED) is 0.737. The number of aryl methyl sites for hydroxylation is 1. The van der Waals surface area contributed by atoms with Crippen LogP contribution in [0.4, 0.5) is 5.82 Å². The number of nitrogens with zero attached hydrogens (tertiary/aromatic N) is 2. The number of aromatic nitrogens is 2. The van der Waals surface area contributed by atoms with Gasteiger partial charge in [-0.3, -0.25) is 9.59 Å². The fraction of sp³-hybridized carbons (Fsp3) is 0.500. The molecule has 6 heteroatoms. The summed E-state index contributed by atoms with van der Waals surface area (Å²) in [6.07, 6.45) is 1.69. The predicted molar refractivity (Wildman–Crippen MR) is 55.8 cm³/mol. The Labute approximate surface area is 92.6 Å². The summed E-state index contributed by atoms with van der Waals surface area (Å²) in [5, 5.41) is 2.63. The van der Waals surface area contributed by atoms with Gasteiger partial charge in [0.25, 0.3) is 0 Å². The fourth-order valence-corrected chi connectivity index (χ4v) is 1.85. The number of fused-ring (bicyclic) bond motifs is 1. The highest BCUT2D eigenvalue weighted by molar-refractivity contribution is 5.98. The van der Waals surface area contributed by atoms with E-state index in [-0.39, 0.29) is 18.3 Å². The van der Waals surface area contributed by atoms with Crippen molar-refractivity contribution in [1.82, 2.24) is 9.55 Å². The maximum absolute atomic E-state index is 11.7. The highest BCUT2D eigenvalue weighted by atomic mass is 16.5. The molecule has 0 saturated heterocycles. The third kappa shape index (κ3) is 1.66. The Balaban J connectivity index is 2.36. The lowest BCUT2D eigenvalue weighted by Gasteiger charge is -2.21. The summed E-state index contributed by atoms with van der Waals surface area (Å²) in [5.74, 6) is -0.667. The molecule has 0 fully saturated rings. The van der Waals surface area contributed by atoms with E-state index in [2.05, 4.69) is 10.3 Å². The van der Waals surface area contributed by atoms with Crippen LogP contribution >= 0.6 is 0 Å². The number of imidazole rings is 1. The van der Waals surface area contributed by atoms with Crippen LogP contribution in [0.2, 0.25) is 0 Å². The summed E-state index contributed by atoms with van der Waals surface area (Å²) in [5.41, 5.74) is 0.707. The number of rotatable bonds is 2. The third-order valence-corrected chi connectivity index (χ3v) is 2.53. The molecule has 0 aliphatic carbocycles. The lowest BCUT2D eigenvalue weighted by atomic mass is 9.97. The topological polar surface area (TPSA) is 73.2 Å². The first-order valence-corrected chi connectivity index (χ1v) is 5.11. The molecule has 6 nitrogen and oxygen atoms in total. The molecule has 86 valence electrons. The number of amides is 1. The van der Waals surface area contributed by atoms with Crippen LogP contribution in [0.5, 0.6) is 0 Å². The molecule has 2 rings (SSSR count). The lowest BCUT2D eigenvalue weighted by Crippen LogP contribution is -2.29. The maximum atomic E-state index is 11.7. The summed E-state index contributed by atoms with van der Waals surface area (Å²) < 4.78 is 6.68. The molecule has 1 amide bonds. The largest absolute Gasteiger partial charge is 0.465 e. The Bertz CT molecular complexity index is 439. The number of hydrogen-bond acceptors (Lipinski definition) is 4. The minimum Gasteiger partial charge on any atom is -0.465 e. The normalized spacial score (nSPS) is 18.9. The first-order chi connectivity index (χ1) is 7.63. The first kappa shape index (κ1) is 10.7. The van der Waals surface area contributed by atoms with Crippen molar-refractivity contribution >= 4 is 17.7 Å². The standard InChI is InChI=1S/C10H13N3O3/c1-3-16-10(15)6-4-7(14)12-9-8(6)13(2)5-11-9/h5-6H,3-4H2,1-2H3,(H,12,14). The van der Waals surface area contributed by atoms with Gasteiger partial charge in [0.2, 0.25) is 5.91 Å². The van der Waals surface area contributed by atoms with Gasteiger partial charge in [0.15, 0.2) is 5.82 Å². The van der Waals surface area contributed by atoms with Gasteiger partial charge >= 0.3 is 5.97 Å². The zero-order valence-corrected chi connectivity index (χ0v) is 9.19. The van der Waals surface area contributed by atoms with Crippen LogP contribution < -0.4 is 5.32 Å². The number of ether oxygens (including phenoxy) is 1. The molecule has 1 aromatic rings. The van der Waals surface area contributed by atoms with Gasteiger partial charge < -0.3 is 14.6 Å². The lowest BCUT2D eigenvalue weighted by molar-refractivity contribution is -0.146. The minimum atomic E-state index is -0.545. The average molecular weight is 223 g/mol. The average Bonchev–Trinajstić information content (AvgIpc) is 2.59. The van der Waals surface area contributed by atoms with Gasteiger partial charge in [-0.15, -0.1) is 0 Å². The molecule has 16 heavy (non-hydrogen) atoms. The molecule has 0 saturated carbocycles. The van der Waals surface area contributed by atoms with E-state index in [0.29, 0.717) is 18.1 Å². The molecule has 2 heterocycles. The van der Waals surface area contributed by atoms with E-state index in [1.54, 1.807) is 24.9 Å². The van der Waals surface area contributed by atoms with Gasteiger partial charge in [-0.25, -0.2) is 4.98 Å². The van der Waals surface area contributed by atoms with Crippen LogP contribution in [0.15, 0.2) is 6.33 Å². The molecule has 1 N–H and O–H groups in total. The maximum Gasteiger partial charge on any atom is 0.315 e. The van der Waals surface area contributed by atoms with Crippen molar-refractivity contribution in [2.24, 2.45) is 7.05 Å². The van der Waals surface area contributed by atoms with Crippen LogP contribution in [0.1, 0.15) is 25.0 Å². The van der Waals surface area contributed by atoms with E-state index in [0.717, 1.165) is 0 Å². The molecule has 0 bridgehead atoms. The third-order valence-electron chi connectivity index (χ3n) is 2.53. The van der Waals surface area contributed by atoms with Crippen LogP contribution in [0.25, 0.3) is 0 Å². The smallest absolute Gasteiger partial charge is 0.315 e. The van der Waals surface area contributed by atoms with Crippen LogP contribution in [-0.2, 0) is 21.4 Å². The second-order valence-electron chi connectivity index (χ2n) is 3.65. The fourth-order valence-electron chi connectivity index (χ4n) is 1.85. The van der Waals surface area contributed by atoms with Gasteiger partial charge in [-0.2, -0.15) is 0 Å². The monoisotopic (exact) mass is 223 g/mol. The van der Waals surface area contributed by atoms with Crippen molar-refractivity contribution in [3.05, 3.63) is 12.0 Å².